The Morgan fingerprint density at radius 3 is 2.57 bits per heavy atom. The van der Waals surface area contributed by atoms with Crippen molar-refractivity contribution in [3.05, 3.63) is 69.8 Å². The maximum atomic E-state index is 11.0. The van der Waals surface area contributed by atoms with E-state index in [4.69, 9.17) is 4.74 Å². The number of hydrogen-bond acceptors (Lipinski definition) is 3. The predicted octanol–water partition coefficient (Wildman–Crippen LogP) is 4.46. The van der Waals surface area contributed by atoms with Crippen LogP contribution >= 0.6 is 15.9 Å². The molecule has 0 aliphatic rings. The molecule has 0 bridgehead atoms. The van der Waals surface area contributed by atoms with Gasteiger partial charge in [-0.05, 0) is 24.1 Å². The lowest BCUT2D eigenvalue weighted by Crippen LogP contribution is -2.12. The number of rotatable bonds is 6. The Hall–Kier alpha value is -1.88. The normalized spacial score (nSPS) is 11.9. The summed E-state index contributed by atoms with van der Waals surface area (Å²) in [4.78, 5) is 10.6. The largest absolute Gasteiger partial charge is 0.486 e. The van der Waals surface area contributed by atoms with Crippen LogP contribution in [0.4, 0.5) is 5.69 Å². The van der Waals surface area contributed by atoms with E-state index in [0.717, 1.165) is 16.5 Å². The first-order valence-corrected chi connectivity index (χ1v) is 7.72. The van der Waals surface area contributed by atoms with E-state index < -0.39 is 4.92 Å². The predicted molar refractivity (Wildman–Crippen MR) is 86.3 cm³/mol. The molecule has 0 aliphatic carbocycles. The highest BCUT2D eigenvalue weighted by Gasteiger charge is 2.17. The van der Waals surface area contributed by atoms with Gasteiger partial charge in [-0.3, -0.25) is 10.1 Å². The fraction of sp³-hybridized carbons (Fsp3) is 0.250. The molecule has 1 atom stereocenters. The van der Waals surface area contributed by atoms with Gasteiger partial charge in [0.05, 0.1) is 11.5 Å². The molecule has 1 unspecified atom stereocenters. The molecule has 21 heavy (non-hydrogen) atoms. The van der Waals surface area contributed by atoms with Crippen LogP contribution in [0, 0.1) is 17.0 Å². The van der Waals surface area contributed by atoms with Crippen LogP contribution in [-0.2, 0) is 0 Å². The first kappa shape index (κ1) is 15.5. The molecule has 0 heterocycles. The highest BCUT2D eigenvalue weighted by Crippen LogP contribution is 2.29. The summed E-state index contributed by atoms with van der Waals surface area (Å²) in [6.07, 6.45) is 0. The highest BCUT2D eigenvalue weighted by atomic mass is 79.9. The number of nitrogens with zero attached hydrogens (tertiary/aromatic N) is 1. The number of halogens is 1. The van der Waals surface area contributed by atoms with Crippen molar-refractivity contribution in [2.45, 2.75) is 12.8 Å². The van der Waals surface area contributed by atoms with Crippen LogP contribution in [0.25, 0.3) is 0 Å². The third kappa shape index (κ3) is 4.04. The van der Waals surface area contributed by atoms with Crippen LogP contribution in [0.15, 0.2) is 48.5 Å². The van der Waals surface area contributed by atoms with Gasteiger partial charge in [-0.1, -0.05) is 52.3 Å². The van der Waals surface area contributed by atoms with Gasteiger partial charge in [-0.15, -0.1) is 0 Å². The third-order valence-electron chi connectivity index (χ3n) is 3.21. The SMILES string of the molecule is Cc1ccc([N+](=O)[O-])c(OCC(CBr)c2ccccc2)c1. The lowest BCUT2D eigenvalue weighted by molar-refractivity contribution is -0.385. The number of benzene rings is 2. The van der Waals surface area contributed by atoms with Crippen molar-refractivity contribution in [2.24, 2.45) is 0 Å². The Morgan fingerprint density at radius 2 is 1.95 bits per heavy atom. The quantitative estimate of drug-likeness (QED) is 0.439. The van der Waals surface area contributed by atoms with E-state index in [9.17, 15) is 10.1 Å². The number of hydrogen-bond donors (Lipinski definition) is 0. The molecule has 5 heteroatoms. The van der Waals surface area contributed by atoms with Crippen LogP contribution in [0.3, 0.4) is 0 Å². The van der Waals surface area contributed by atoms with Gasteiger partial charge in [0.1, 0.15) is 0 Å². The fourth-order valence-electron chi connectivity index (χ4n) is 2.03. The minimum absolute atomic E-state index is 0.00184. The molecule has 0 saturated carbocycles. The van der Waals surface area contributed by atoms with Crippen LogP contribution in [0.5, 0.6) is 5.75 Å². The second kappa shape index (κ2) is 7.22. The lowest BCUT2D eigenvalue weighted by Gasteiger charge is -2.16. The molecule has 0 aliphatic heterocycles. The average Bonchev–Trinajstić information content (AvgIpc) is 2.48. The summed E-state index contributed by atoms with van der Waals surface area (Å²) >= 11 is 3.47. The van der Waals surface area contributed by atoms with Gasteiger partial charge in [0.15, 0.2) is 5.75 Å². The molecule has 0 N–H and O–H groups in total. The average molecular weight is 350 g/mol. The summed E-state index contributed by atoms with van der Waals surface area (Å²) in [5.41, 5.74) is 2.08. The molecule has 0 spiro atoms. The van der Waals surface area contributed by atoms with Crippen molar-refractivity contribution in [3.8, 4) is 5.75 Å². The van der Waals surface area contributed by atoms with Crippen LogP contribution in [0.1, 0.15) is 17.0 Å². The van der Waals surface area contributed by atoms with Gasteiger partial charge in [-0.2, -0.15) is 0 Å². The Kier molecular flexibility index (Phi) is 5.33. The van der Waals surface area contributed by atoms with E-state index >= 15 is 0 Å². The summed E-state index contributed by atoms with van der Waals surface area (Å²) in [7, 11) is 0. The van der Waals surface area contributed by atoms with Crippen LogP contribution in [-0.4, -0.2) is 16.9 Å². The fourth-order valence-corrected chi connectivity index (χ4v) is 2.59. The topological polar surface area (TPSA) is 52.4 Å². The van der Waals surface area contributed by atoms with Gasteiger partial charge in [0.25, 0.3) is 0 Å². The number of ether oxygens (including phenoxy) is 1. The minimum atomic E-state index is -0.416. The summed E-state index contributed by atoms with van der Waals surface area (Å²) < 4.78 is 5.72. The first-order valence-electron chi connectivity index (χ1n) is 6.60. The summed E-state index contributed by atoms with van der Waals surface area (Å²) in [6.45, 7) is 2.27. The molecule has 110 valence electrons. The second-order valence-electron chi connectivity index (χ2n) is 4.80. The molecular formula is C16H16BrNO3. The van der Waals surface area contributed by atoms with Gasteiger partial charge in [0, 0.05) is 17.3 Å². The smallest absolute Gasteiger partial charge is 0.310 e. The molecule has 0 aromatic heterocycles. The van der Waals surface area contributed by atoms with Gasteiger partial charge in [-0.25, -0.2) is 0 Å². The monoisotopic (exact) mass is 349 g/mol. The lowest BCUT2D eigenvalue weighted by atomic mass is 10.0. The van der Waals surface area contributed by atoms with Crippen molar-refractivity contribution >= 4 is 21.6 Å². The molecule has 2 aromatic carbocycles. The van der Waals surface area contributed by atoms with Gasteiger partial charge >= 0.3 is 5.69 Å². The number of aryl methyl sites for hydroxylation is 1. The Bertz CT molecular complexity index is 616. The number of nitro benzene ring substituents is 1. The molecule has 0 saturated heterocycles. The van der Waals surface area contributed by atoms with Crippen molar-refractivity contribution in [1.82, 2.24) is 0 Å². The van der Waals surface area contributed by atoms with Crippen molar-refractivity contribution in [2.75, 3.05) is 11.9 Å². The molecule has 0 radical (unpaired) electrons. The number of alkyl halides is 1. The third-order valence-corrected chi connectivity index (χ3v) is 3.99. The zero-order valence-electron chi connectivity index (χ0n) is 11.7. The Morgan fingerprint density at radius 1 is 1.24 bits per heavy atom. The molecule has 4 nitrogen and oxygen atoms in total. The van der Waals surface area contributed by atoms with Crippen LogP contribution in [0.2, 0.25) is 0 Å². The summed E-state index contributed by atoms with van der Waals surface area (Å²) in [6, 6.07) is 14.9. The molecule has 2 aromatic rings. The van der Waals surface area contributed by atoms with E-state index in [1.165, 1.54) is 6.07 Å². The Labute approximate surface area is 132 Å². The van der Waals surface area contributed by atoms with Crippen molar-refractivity contribution in [1.29, 1.82) is 0 Å². The zero-order chi connectivity index (χ0) is 15.2. The van der Waals surface area contributed by atoms with Crippen molar-refractivity contribution in [3.63, 3.8) is 0 Å². The standard InChI is InChI=1S/C16H16BrNO3/c1-12-7-8-15(18(19)20)16(9-12)21-11-14(10-17)13-5-3-2-4-6-13/h2-9,14H,10-11H2,1H3. The maximum absolute atomic E-state index is 11.0. The van der Waals surface area contributed by atoms with E-state index in [-0.39, 0.29) is 11.6 Å². The first-order chi connectivity index (χ1) is 10.1. The van der Waals surface area contributed by atoms with E-state index in [0.29, 0.717) is 12.4 Å². The molecular weight excluding hydrogens is 334 g/mol. The Balaban J connectivity index is 2.15. The van der Waals surface area contributed by atoms with Gasteiger partial charge < -0.3 is 4.74 Å². The second-order valence-corrected chi connectivity index (χ2v) is 5.45. The maximum Gasteiger partial charge on any atom is 0.310 e. The highest BCUT2D eigenvalue weighted by molar-refractivity contribution is 9.09. The number of nitro groups is 1. The summed E-state index contributed by atoms with van der Waals surface area (Å²) in [5.74, 6) is 0.466. The van der Waals surface area contributed by atoms with Crippen LogP contribution < -0.4 is 4.74 Å². The molecule has 2 rings (SSSR count). The van der Waals surface area contributed by atoms with Gasteiger partial charge in [0.2, 0.25) is 0 Å². The zero-order valence-corrected chi connectivity index (χ0v) is 13.2. The minimum Gasteiger partial charge on any atom is -0.486 e. The van der Waals surface area contributed by atoms with Crippen molar-refractivity contribution < 1.29 is 9.66 Å². The molecule has 0 fully saturated rings. The van der Waals surface area contributed by atoms with E-state index in [1.807, 2.05) is 37.3 Å². The molecule has 0 amide bonds. The van der Waals surface area contributed by atoms with E-state index in [1.54, 1.807) is 12.1 Å². The summed E-state index contributed by atoms with van der Waals surface area (Å²) in [5, 5.41) is 11.8. The van der Waals surface area contributed by atoms with E-state index in [2.05, 4.69) is 15.9 Å².